The Kier molecular flexibility index (Phi) is 5.42. The Morgan fingerprint density at radius 3 is 2.71 bits per heavy atom. The van der Waals surface area contributed by atoms with Crippen molar-refractivity contribution in [3.05, 3.63) is 0 Å². The van der Waals surface area contributed by atoms with Gasteiger partial charge in [-0.25, -0.2) is 10.1 Å². The second kappa shape index (κ2) is 6.68. The number of hydrogen-bond acceptors (Lipinski definition) is 2. The Bertz CT molecular complexity index is 165. The normalized spacial score (nSPS) is 17.8. The summed E-state index contributed by atoms with van der Waals surface area (Å²) in [7, 11) is 1.37. The molecule has 3 nitrogen and oxygen atoms in total. The molecule has 0 bridgehead atoms. The van der Waals surface area contributed by atoms with E-state index >= 15 is 0 Å². The lowest BCUT2D eigenvalue weighted by molar-refractivity contribution is 0.169. The van der Waals surface area contributed by atoms with Crippen molar-refractivity contribution < 1.29 is 9.53 Å². The summed E-state index contributed by atoms with van der Waals surface area (Å²) in [5.41, 5.74) is 0. The maximum Gasteiger partial charge on any atom is 0.428 e. The Balaban J connectivity index is 1.94. The van der Waals surface area contributed by atoms with Gasteiger partial charge in [-0.3, -0.25) is 0 Å². The van der Waals surface area contributed by atoms with E-state index < -0.39 is 6.09 Å². The van der Waals surface area contributed by atoms with Gasteiger partial charge in [-0.2, -0.15) is 0 Å². The summed E-state index contributed by atoms with van der Waals surface area (Å²) in [5, 5.41) is 3.77. The lowest BCUT2D eigenvalue weighted by Gasteiger charge is -2.20. The van der Waals surface area contributed by atoms with Crippen LogP contribution in [0.4, 0.5) is 4.79 Å². The van der Waals surface area contributed by atoms with Gasteiger partial charge < -0.3 is 4.74 Å². The van der Waals surface area contributed by atoms with Crippen molar-refractivity contribution in [2.75, 3.05) is 13.7 Å². The van der Waals surface area contributed by atoms with Crippen molar-refractivity contribution in [3.8, 4) is 0 Å². The molecule has 0 N–H and O–H groups in total. The SMILES string of the molecule is COC(=O)[N]CCCC1CCCCC1. The van der Waals surface area contributed by atoms with Crippen LogP contribution in [0.25, 0.3) is 0 Å². The Morgan fingerprint density at radius 2 is 2.07 bits per heavy atom. The molecule has 3 heteroatoms. The maximum atomic E-state index is 10.7. The topological polar surface area (TPSA) is 40.4 Å². The van der Waals surface area contributed by atoms with Gasteiger partial charge >= 0.3 is 6.09 Å². The van der Waals surface area contributed by atoms with Crippen LogP contribution in [0.2, 0.25) is 0 Å². The number of carbonyl (C=O) groups excluding carboxylic acids is 1. The highest BCUT2D eigenvalue weighted by atomic mass is 16.5. The Hall–Kier alpha value is -0.730. The van der Waals surface area contributed by atoms with Crippen LogP contribution in [-0.2, 0) is 4.74 Å². The summed E-state index contributed by atoms with van der Waals surface area (Å²) < 4.78 is 4.44. The van der Waals surface area contributed by atoms with Crippen molar-refractivity contribution >= 4 is 6.09 Å². The molecule has 0 aliphatic heterocycles. The molecule has 0 heterocycles. The number of rotatable bonds is 4. The van der Waals surface area contributed by atoms with Gasteiger partial charge in [0.05, 0.1) is 7.11 Å². The van der Waals surface area contributed by atoms with E-state index in [0.717, 1.165) is 12.3 Å². The van der Waals surface area contributed by atoms with Gasteiger partial charge in [0.25, 0.3) is 0 Å². The molecule has 0 unspecified atom stereocenters. The number of methoxy groups -OCH3 is 1. The standard InChI is InChI=1S/C11H20NO2/c1-14-11(13)12-9-5-8-10-6-3-2-4-7-10/h10H,2-9H2,1H3. The molecule has 1 aliphatic carbocycles. The molecule has 0 aromatic carbocycles. The summed E-state index contributed by atoms with van der Waals surface area (Å²) in [6, 6.07) is 0. The summed E-state index contributed by atoms with van der Waals surface area (Å²) in [6.07, 6.45) is 8.74. The molecule has 81 valence electrons. The van der Waals surface area contributed by atoms with Crippen molar-refractivity contribution in [2.24, 2.45) is 5.92 Å². The molecule has 14 heavy (non-hydrogen) atoms. The zero-order valence-electron chi connectivity index (χ0n) is 9.00. The first-order chi connectivity index (χ1) is 6.83. The molecule has 1 radical (unpaired) electrons. The van der Waals surface area contributed by atoms with E-state index in [2.05, 4.69) is 10.1 Å². The lowest BCUT2D eigenvalue weighted by atomic mass is 9.86. The molecule has 1 saturated carbocycles. The lowest BCUT2D eigenvalue weighted by Crippen LogP contribution is -2.17. The molecule has 1 aliphatic rings. The second-order valence-corrected chi connectivity index (χ2v) is 4.00. The van der Waals surface area contributed by atoms with E-state index in [1.807, 2.05) is 0 Å². The molecule has 0 aromatic rings. The van der Waals surface area contributed by atoms with Crippen LogP contribution in [0.15, 0.2) is 0 Å². The highest BCUT2D eigenvalue weighted by Gasteiger charge is 2.12. The largest absolute Gasteiger partial charge is 0.452 e. The van der Waals surface area contributed by atoms with E-state index in [9.17, 15) is 4.79 Å². The second-order valence-electron chi connectivity index (χ2n) is 4.00. The average Bonchev–Trinajstić information content (AvgIpc) is 2.25. The van der Waals surface area contributed by atoms with E-state index in [0.29, 0.717) is 6.54 Å². The fourth-order valence-electron chi connectivity index (χ4n) is 2.09. The van der Waals surface area contributed by atoms with Gasteiger partial charge in [-0.1, -0.05) is 32.1 Å². The van der Waals surface area contributed by atoms with Crippen LogP contribution in [0.3, 0.4) is 0 Å². The first-order valence-electron chi connectivity index (χ1n) is 5.58. The number of nitrogens with zero attached hydrogens (tertiary/aromatic N) is 1. The zero-order chi connectivity index (χ0) is 10.2. The highest BCUT2D eigenvalue weighted by molar-refractivity contribution is 5.66. The number of amides is 1. The first-order valence-corrected chi connectivity index (χ1v) is 5.58. The highest BCUT2D eigenvalue weighted by Crippen LogP contribution is 2.26. The summed E-state index contributed by atoms with van der Waals surface area (Å²) in [5.74, 6) is 0.886. The summed E-state index contributed by atoms with van der Waals surface area (Å²) >= 11 is 0. The number of carbonyl (C=O) groups is 1. The minimum atomic E-state index is -0.436. The fourth-order valence-corrected chi connectivity index (χ4v) is 2.09. The van der Waals surface area contributed by atoms with Crippen molar-refractivity contribution in [3.63, 3.8) is 0 Å². The zero-order valence-corrected chi connectivity index (χ0v) is 9.00. The smallest absolute Gasteiger partial charge is 0.428 e. The molecular formula is C11H20NO2. The molecule has 0 saturated heterocycles. The van der Waals surface area contributed by atoms with Crippen LogP contribution in [-0.4, -0.2) is 19.7 Å². The van der Waals surface area contributed by atoms with E-state index in [4.69, 9.17) is 0 Å². The first kappa shape index (κ1) is 11.3. The van der Waals surface area contributed by atoms with Gasteiger partial charge in [0.15, 0.2) is 0 Å². The van der Waals surface area contributed by atoms with Crippen LogP contribution in [0.1, 0.15) is 44.9 Å². The third kappa shape index (κ3) is 4.49. The molecule has 1 rings (SSSR count). The third-order valence-corrected chi connectivity index (χ3v) is 2.91. The summed E-state index contributed by atoms with van der Waals surface area (Å²) in [4.78, 5) is 10.7. The molecule has 1 amide bonds. The van der Waals surface area contributed by atoms with E-state index in [-0.39, 0.29) is 0 Å². The van der Waals surface area contributed by atoms with Gasteiger partial charge in [0.2, 0.25) is 0 Å². The average molecular weight is 198 g/mol. The molecule has 0 aromatic heterocycles. The van der Waals surface area contributed by atoms with Crippen LogP contribution >= 0.6 is 0 Å². The van der Waals surface area contributed by atoms with Crippen LogP contribution in [0, 0.1) is 5.92 Å². The van der Waals surface area contributed by atoms with Crippen molar-refractivity contribution in [2.45, 2.75) is 44.9 Å². The number of ether oxygens (including phenoxy) is 1. The van der Waals surface area contributed by atoms with Crippen LogP contribution in [0.5, 0.6) is 0 Å². The van der Waals surface area contributed by atoms with Gasteiger partial charge in [-0.15, -0.1) is 0 Å². The Morgan fingerprint density at radius 1 is 1.36 bits per heavy atom. The number of hydrogen-bond donors (Lipinski definition) is 0. The fraction of sp³-hybridized carbons (Fsp3) is 0.909. The Labute approximate surface area is 86.2 Å². The van der Waals surface area contributed by atoms with E-state index in [1.54, 1.807) is 0 Å². The maximum absolute atomic E-state index is 10.7. The quantitative estimate of drug-likeness (QED) is 0.652. The van der Waals surface area contributed by atoms with Crippen LogP contribution < -0.4 is 5.32 Å². The monoisotopic (exact) mass is 198 g/mol. The van der Waals surface area contributed by atoms with Gasteiger partial charge in [0, 0.05) is 6.54 Å². The predicted octanol–water partition coefficient (Wildman–Crippen LogP) is 2.72. The van der Waals surface area contributed by atoms with Crippen molar-refractivity contribution in [1.82, 2.24) is 5.32 Å². The third-order valence-electron chi connectivity index (χ3n) is 2.91. The molecule has 0 atom stereocenters. The molecular weight excluding hydrogens is 178 g/mol. The molecule has 1 fully saturated rings. The molecule has 0 spiro atoms. The van der Waals surface area contributed by atoms with Crippen molar-refractivity contribution in [1.29, 1.82) is 0 Å². The minimum Gasteiger partial charge on any atom is -0.452 e. The minimum absolute atomic E-state index is 0.436. The predicted molar refractivity (Wildman–Crippen MR) is 55.2 cm³/mol. The van der Waals surface area contributed by atoms with Gasteiger partial charge in [0.1, 0.15) is 0 Å². The van der Waals surface area contributed by atoms with Gasteiger partial charge in [-0.05, 0) is 18.8 Å². The summed E-state index contributed by atoms with van der Waals surface area (Å²) in [6.45, 7) is 0.628. The van der Waals surface area contributed by atoms with E-state index in [1.165, 1.54) is 45.6 Å².